The van der Waals surface area contributed by atoms with Crippen LogP contribution in [0.2, 0.25) is 0 Å². The van der Waals surface area contributed by atoms with Gasteiger partial charge in [-0.1, -0.05) is 6.92 Å². The van der Waals surface area contributed by atoms with Crippen molar-refractivity contribution in [2.75, 3.05) is 32.7 Å². The fourth-order valence-corrected chi connectivity index (χ4v) is 3.67. The Balaban J connectivity index is 1.95. The molecule has 0 bridgehead atoms. The average Bonchev–Trinajstić information content (AvgIpc) is 2.83. The highest BCUT2D eigenvalue weighted by Crippen LogP contribution is 2.21. The molecule has 5 nitrogen and oxygen atoms in total. The van der Waals surface area contributed by atoms with Gasteiger partial charge in [0.15, 0.2) is 5.78 Å². The second-order valence-electron chi connectivity index (χ2n) is 7.08. The zero-order valence-corrected chi connectivity index (χ0v) is 15.8. The molecule has 1 fully saturated rings. The summed E-state index contributed by atoms with van der Waals surface area (Å²) in [5, 5.41) is 0. The van der Waals surface area contributed by atoms with E-state index in [0.717, 1.165) is 49.6 Å². The Hall–Kier alpha value is -1.62. The monoisotopic (exact) mass is 333 g/mol. The van der Waals surface area contributed by atoms with Crippen molar-refractivity contribution in [1.82, 2.24) is 14.4 Å². The molecule has 0 saturated carbocycles. The Morgan fingerprint density at radius 2 is 1.75 bits per heavy atom. The first-order chi connectivity index (χ1) is 11.3. The highest BCUT2D eigenvalue weighted by Gasteiger charge is 2.24. The van der Waals surface area contributed by atoms with Crippen LogP contribution in [0.4, 0.5) is 0 Å². The van der Waals surface area contributed by atoms with Crippen LogP contribution in [0.25, 0.3) is 0 Å². The van der Waals surface area contributed by atoms with Gasteiger partial charge in [-0.2, -0.15) is 0 Å². The Kier molecular flexibility index (Phi) is 6.21. The van der Waals surface area contributed by atoms with Crippen LogP contribution < -0.4 is 0 Å². The fraction of sp³-hybridized carbons (Fsp3) is 0.684. The van der Waals surface area contributed by atoms with Crippen molar-refractivity contribution < 1.29 is 9.59 Å². The minimum atomic E-state index is 0.184. The molecule has 0 unspecified atom stereocenters. The Bertz CT molecular complexity index is 596. The second kappa shape index (κ2) is 7.97. The molecule has 0 N–H and O–H groups in total. The lowest BCUT2D eigenvalue weighted by Crippen LogP contribution is -2.49. The van der Waals surface area contributed by atoms with E-state index in [1.165, 1.54) is 0 Å². The minimum absolute atomic E-state index is 0.184. The third kappa shape index (κ3) is 4.07. The SMILES string of the molecule is CCCC(=O)N1CCN(CC(=O)c2cc(C)n(C(C)C)c2C)CC1. The number of piperazine rings is 1. The van der Waals surface area contributed by atoms with Crippen LogP contribution in [-0.2, 0) is 4.79 Å². The molecule has 0 aromatic carbocycles. The highest BCUT2D eigenvalue weighted by molar-refractivity contribution is 5.99. The van der Waals surface area contributed by atoms with Crippen molar-refractivity contribution in [2.45, 2.75) is 53.5 Å². The summed E-state index contributed by atoms with van der Waals surface area (Å²) >= 11 is 0. The second-order valence-corrected chi connectivity index (χ2v) is 7.08. The molecule has 134 valence electrons. The summed E-state index contributed by atoms with van der Waals surface area (Å²) in [4.78, 5) is 28.7. The van der Waals surface area contributed by atoms with Crippen LogP contribution in [0.15, 0.2) is 6.07 Å². The topological polar surface area (TPSA) is 45.6 Å². The minimum Gasteiger partial charge on any atom is -0.346 e. The van der Waals surface area contributed by atoms with Gasteiger partial charge in [-0.15, -0.1) is 0 Å². The van der Waals surface area contributed by atoms with E-state index < -0.39 is 0 Å². The first-order valence-corrected chi connectivity index (χ1v) is 9.06. The summed E-state index contributed by atoms with van der Waals surface area (Å²) in [6.07, 6.45) is 1.52. The lowest BCUT2D eigenvalue weighted by molar-refractivity contribution is -0.132. The van der Waals surface area contributed by atoms with Gasteiger partial charge in [0, 0.05) is 55.6 Å². The normalized spacial score (nSPS) is 16.0. The van der Waals surface area contributed by atoms with E-state index in [-0.39, 0.29) is 11.7 Å². The maximum atomic E-state index is 12.7. The van der Waals surface area contributed by atoms with E-state index >= 15 is 0 Å². The number of amides is 1. The number of hydrogen-bond donors (Lipinski definition) is 0. The molecular formula is C19H31N3O2. The standard InChI is InChI=1S/C19H31N3O2/c1-6-7-19(24)21-10-8-20(9-11-21)13-18(23)17-12-15(4)22(14(2)3)16(17)5/h12,14H,6-11,13H2,1-5H3. The number of nitrogens with zero attached hydrogens (tertiary/aromatic N) is 3. The molecule has 1 amide bonds. The van der Waals surface area contributed by atoms with E-state index in [2.05, 4.69) is 30.2 Å². The van der Waals surface area contributed by atoms with Crippen LogP contribution in [-0.4, -0.2) is 58.8 Å². The summed E-state index contributed by atoms with van der Waals surface area (Å²) in [5.41, 5.74) is 3.04. The summed E-state index contributed by atoms with van der Waals surface area (Å²) in [5.74, 6) is 0.423. The number of ketones is 1. The molecule has 0 radical (unpaired) electrons. The molecule has 1 aromatic rings. The van der Waals surface area contributed by atoms with Gasteiger partial charge >= 0.3 is 0 Å². The predicted octanol–water partition coefficient (Wildman–Crippen LogP) is 2.81. The van der Waals surface area contributed by atoms with Gasteiger partial charge in [0.25, 0.3) is 0 Å². The van der Waals surface area contributed by atoms with Gasteiger partial charge in [-0.25, -0.2) is 0 Å². The molecule has 5 heteroatoms. The molecule has 1 saturated heterocycles. The van der Waals surface area contributed by atoms with Gasteiger partial charge in [-0.3, -0.25) is 14.5 Å². The third-order valence-electron chi connectivity index (χ3n) is 4.86. The zero-order chi connectivity index (χ0) is 17.9. The molecule has 2 rings (SSSR count). The van der Waals surface area contributed by atoms with Gasteiger partial charge in [-0.05, 0) is 40.2 Å². The lowest BCUT2D eigenvalue weighted by atomic mass is 10.1. The van der Waals surface area contributed by atoms with E-state index in [9.17, 15) is 9.59 Å². The Labute approximate surface area is 145 Å². The van der Waals surface area contributed by atoms with Crippen molar-refractivity contribution >= 4 is 11.7 Å². The molecule has 0 atom stereocenters. The molecule has 2 heterocycles. The van der Waals surface area contributed by atoms with E-state index in [0.29, 0.717) is 19.0 Å². The van der Waals surface area contributed by atoms with E-state index in [4.69, 9.17) is 0 Å². The summed E-state index contributed by atoms with van der Waals surface area (Å²) in [6.45, 7) is 13.9. The number of rotatable bonds is 6. The number of aryl methyl sites for hydroxylation is 1. The number of carbonyl (C=O) groups is 2. The molecule has 1 aromatic heterocycles. The van der Waals surface area contributed by atoms with E-state index in [1.807, 2.05) is 24.8 Å². The van der Waals surface area contributed by atoms with Crippen LogP contribution in [0.3, 0.4) is 0 Å². The molecule has 0 spiro atoms. The maximum absolute atomic E-state index is 12.7. The van der Waals surface area contributed by atoms with Crippen molar-refractivity contribution in [3.05, 3.63) is 23.0 Å². The van der Waals surface area contributed by atoms with Crippen molar-refractivity contribution in [1.29, 1.82) is 0 Å². The first kappa shape index (κ1) is 18.7. The van der Waals surface area contributed by atoms with Crippen LogP contribution >= 0.6 is 0 Å². The van der Waals surface area contributed by atoms with Crippen LogP contribution in [0.5, 0.6) is 0 Å². The molecular weight excluding hydrogens is 302 g/mol. The largest absolute Gasteiger partial charge is 0.346 e. The van der Waals surface area contributed by atoms with Gasteiger partial charge in [0.1, 0.15) is 0 Å². The number of aromatic nitrogens is 1. The Morgan fingerprint density at radius 3 is 2.25 bits per heavy atom. The van der Waals surface area contributed by atoms with Crippen molar-refractivity contribution in [2.24, 2.45) is 0 Å². The third-order valence-corrected chi connectivity index (χ3v) is 4.86. The van der Waals surface area contributed by atoms with Gasteiger partial charge in [0.2, 0.25) is 5.91 Å². The highest BCUT2D eigenvalue weighted by atomic mass is 16.2. The maximum Gasteiger partial charge on any atom is 0.222 e. The number of Topliss-reactive ketones (excluding diaryl/α,β-unsaturated/α-hetero) is 1. The van der Waals surface area contributed by atoms with Crippen LogP contribution in [0.1, 0.15) is 61.4 Å². The number of hydrogen-bond acceptors (Lipinski definition) is 3. The zero-order valence-electron chi connectivity index (χ0n) is 15.8. The van der Waals surface area contributed by atoms with Gasteiger partial charge in [0.05, 0.1) is 6.54 Å². The quantitative estimate of drug-likeness (QED) is 0.752. The summed E-state index contributed by atoms with van der Waals surface area (Å²) in [7, 11) is 0. The van der Waals surface area contributed by atoms with Gasteiger partial charge < -0.3 is 9.47 Å². The molecule has 1 aliphatic heterocycles. The summed E-state index contributed by atoms with van der Waals surface area (Å²) < 4.78 is 2.22. The smallest absolute Gasteiger partial charge is 0.222 e. The summed E-state index contributed by atoms with van der Waals surface area (Å²) in [6, 6.07) is 2.37. The lowest BCUT2D eigenvalue weighted by Gasteiger charge is -2.34. The Morgan fingerprint density at radius 1 is 1.12 bits per heavy atom. The predicted molar refractivity (Wildman–Crippen MR) is 96.5 cm³/mol. The molecule has 0 aliphatic carbocycles. The first-order valence-electron chi connectivity index (χ1n) is 9.06. The van der Waals surface area contributed by atoms with Crippen molar-refractivity contribution in [3.8, 4) is 0 Å². The van der Waals surface area contributed by atoms with Crippen LogP contribution in [0, 0.1) is 13.8 Å². The molecule has 24 heavy (non-hydrogen) atoms. The number of carbonyl (C=O) groups excluding carboxylic acids is 2. The van der Waals surface area contributed by atoms with E-state index in [1.54, 1.807) is 0 Å². The van der Waals surface area contributed by atoms with Crippen molar-refractivity contribution in [3.63, 3.8) is 0 Å². The molecule has 1 aliphatic rings. The average molecular weight is 333 g/mol. The fourth-order valence-electron chi connectivity index (χ4n) is 3.67.